The van der Waals surface area contributed by atoms with E-state index < -0.39 is 11.7 Å². The van der Waals surface area contributed by atoms with E-state index in [4.69, 9.17) is 17.3 Å². The van der Waals surface area contributed by atoms with Crippen molar-refractivity contribution in [1.82, 2.24) is 15.0 Å². The molecule has 0 atom stereocenters. The lowest BCUT2D eigenvalue weighted by molar-refractivity contribution is -0.137. The van der Waals surface area contributed by atoms with E-state index in [0.717, 1.165) is 17.8 Å². The van der Waals surface area contributed by atoms with Crippen molar-refractivity contribution in [1.29, 1.82) is 0 Å². The lowest BCUT2D eigenvalue weighted by atomic mass is 10.2. The van der Waals surface area contributed by atoms with Crippen LogP contribution < -0.4 is 11.1 Å². The molecule has 0 unspecified atom stereocenters. The number of nitrogen functional groups attached to an aromatic ring is 1. The predicted octanol–water partition coefficient (Wildman–Crippen LogP) is 4.56. The molecule has 0 saturated heterocycles. The van der Waals surface area contributed by atoms with Gasteiger partial charge in [-0.3, -0.25) is 0 Å². The van der Waals surface area contributed by atoms with Gasteiger partial charge >= 0.3 is 6.18 Å². The third-order valence-electron chi connectivity index (χ3n) is 2.79. The number of anilines is 3. The Morgan fingerprint density at radius 3 is 2.08 bits per heavy atom. The van der Waals surface area contributed by atoms with Gasteiger partial charge in [0.2, 0.25) is 11.9 Å². The Morgan fingerprint density at radius 2 is 1.56 bits per heavy atom. The van der Waals surface area contributed by atoms with Gasteiger partial charge in [-0.2, -0.15) is 18.2 Å². The van der Waals surface area contributed by atoms with Crippen molar-refractivity contribution in [2.24, 2.45) is 0 Å². The van der Waals surface area contributed by atoms with Crippen molar-refractivity contribution in [3.63, 3.8) is 0 Å². The number of rotatable bonds is 2. The molecule has 0 spiro atoms. The molecule has 0 radical (unpaired) electrons. The molecule has 1 aromatic heterocycles. The molecule has 3 N–H and O–H groups in total. The zero-order valence-electron chi connectivity index (χ0n) is 12.7. The average molecular weight is 368 g/mol. The summed E-state index contributed by atoms with van der Waals surface area (Å²) in [5.74, 6) is 0.589. The first-order valence-electron chi connectivity index (χ1n) is 6.94. The molecule has 130 valence electrons. The van der Waals surface area contributed by atoms with Gasteiger partial charge in [0.15, 0.2) is 0 Å². The fraction of sp³-hybridized carbons (Fsp3) is 0.0625. The van der Waals surface area contributed by atoms with Crippen LogP contribution >= 0.6 is 11.6 Å². The number of alkyl halides is 3. The van der Waals surface area contributed by atoms with E-state index in [0.29, 0.717) is 11.0 Å². The van der Waals surface area contributed by atoms with Crippen molar-refractivity contribution in [3.05, 3.63) is 71.5 Å². The maximum absolute atomic E-state index is 11.8. The summed E-state index contributed by atoms with van der Waals surface area (Å²) >= 11 is 5.75. The zero-order valence-corrected chi connectivity index (χ0v) is 13.5. The van der Waals surface area contributed by atoms with Gasteiger partial charge in [-0.1, -0.05) is 41.9 Å². The van der Waals surface area contributed by atoms with Crippen molar-refractivity contribution in [2.75, 3.05) is 11.1 Å². The molecule has 0 aliphatic rings. The monoisotopic (exact) mass is 367 g/mol. The lowest BCUT2D eigenvalue weighted by Crippen LogP contribution is -2.03. The molecule has 0 bridgehead atoms. The van der Waals surface area contributed by atoms with Crippen LogP contribution in [0.5, 0.6) is 0 Å². The Bertz CT molecular complexity index is 795. The molecule has 3 aromatic rings. The Hall–Kier alpha value is -2.87. The molecule has 25 heavy (non-hydrogen) atoms. The Morgan fingerprint density at radius 1 is 0.920 bits per heavy atom. The number of hydrogen-bond acceptors (Lipinski definition) is 5. The van der Waals surface area contributed by atoms with Crippen LogP contribution in [0, 0.1) is 0 Å². The molecule has 0 amide bonds. The van der Waals surface area contributed by atoms with Crippen LogP contribution in [0.25, 0.3) is 0 Å². The van der Waals surface area contributed by atoms with E-state index in [1.165, 1.54) is 18.5 Å². The smallest absolute Gasteiger partial charge is 0.368 e. The van der Waals surface area contributed by atoms with Gasteiger partial charge in [0.25, 0.3) is 0 Å². The summed E-state index contributed by atoms with van der Waals surface area (Å²) in [7, 11) is 0. The summed E-state index contributed by atoms with van der Waals surface area (Å²) in [6.45, 7) is 0. The first-order valence-corrected chi connectivity index (χ1v) is 7.32. The number of nitrogens with two attached hydrogens (primary N) is 1. The van der Waals surface area contributed by atoms with Crippen molar-refractivity contribution in [3.8, 4) is 0 Å². The molecule has 2 aromatic carbocycles. The molecule has 3 rings (SSSR count). The Kier molecular flexibility index (Phi) is 6.13. The van der Waals surface area contributed by atoms with Crippen LogP contribution in [-0.4, -0.2) is 15.0 Å². The lowest BCUT2D eigenvalue weighted by Gasteiger charge is -2.03. The second-order valence-electron chi connectivity index (χ2n) is 4.66. The normalized spacial score (nSPS) is 10.6. The van der Waals surface area contributed by atoms with Crippen LogP contribution in [0.15, 0.2) is 60.9 Å². The van der Waals surface area contributed by atoms with Gasteiger partial charge in [-0.25, -0.2) is 9.97 Å². The van der Waals surface area contributed by atoms with Crippen molar-refractivity contribution < 1.29 is 13.2 Å². The summed E-state index contributed by atoms with van der Waals surface area (Å²) in [5.41, 5.74) is 5.65. The number of halogens is 4. The SMILES string of the molecule is FC(F)(F)c1ccccc1.Nc1ncnc(Nc2ccc(Cl)cc2)n1. The minimum Gasteiger partial charge on any atom is -0.368 e. The summed E-state index contributed by atoms with van der Waals surface area (Å²) in [6, 6.07) is 13.5. The Labute approximate surface area is 146 Å². The third kappa shape index (κ3) is 6.27. The highest BCUT2D eigenvalue weighted by molar-refractivity contribution is 6.30. The minimum atomic E-state index is -4.21. The van der Waals surface area contributed by atoms with Gasteiger partial charge < -0.3 is 11.1 Å². The molecular weight excluding hydrogens is 355 g/mol. The van der Waals surface area contributed by atoms with Crippen molar-refractivity contribution >= 4 is 29.2 Å². The number of benzene rings is 2. The molecule has 0 aliphatic heterocycles. The standard InChI is InChI=1S/C9H8ClN5.C7H5F3/c10-6-1-3-7(4-2-6)14-9-13-5-12-8(11)15-9;8-7(9,10)6-4-2-1-3-5-6/h1-5H,(H3,11,12,13,14,15);1-5H. The van der Waals surface area contributed by atoms with E-state index >= 15 is 0 Å². The van der Waals surface area contributed by atoms with Crippen molar-refractivity contribution in [2.45, 2.75) is 6.18 Å². The average Bonchev–Trinajstić information content (AvgIpc) is 2.58. The Balaban J connectivity index is 0.000000196. The summed E-state index contributed by atoms with van der Waals surface area (Å²) in [5, 5.41) is 3.65. The first-order chi connectivity index (χ1) is 11.8. The van der Waals surface area contributed by atoms with Crippen LogP contribution in [0.4, 0.5) is 30.8 Å². The molecule has 0 fully saturated rings. The van der Waals surface area contributed by atoms with Gasteiger partial charge in [-0.15, -0.1) is 0 Å². The highest BCUT2D eigenvalue weighted by Gasteiger charge is 2.29. The fourth-order valence-electron chi connectivity index (χ4n) is 1.66. The fourth-order valence-corrected chi connectivity index (χ4v) is 1.78. The van der Waals surface area contributed by atoms with Gasteiger partial charge in [0.1, 0.15) is 6.33 Å². The summed E-state index contributed by atoms with van der Waals surface area (Å²) in [4.78, 5) is 11.5. The quantitative estimate of drug-likeness (QED) is 0.694. The molecule has 1 heterocycles. The minimum absolute atomic E-state index is 0.182. The van der Waals surface area contributed by atoms with Gasteiger partial charge in [-0.05, 0) is 24.3 Å². The van der Waals surface area contributed by atoms with E-state index in [-0.39, 0.29) is 5.95 Å². The topological polar surface area (TPSA) is 76.7 Å². The maximum atomic E-state index is 11.8. The molecule has 0 aliphatic carbocycles. The molecule has 9 heteroatoms. The predicted molar refractivity (Wildman–Crippen MR) is 90.4 cm³/mol. The van der Waals surface area contributed by atoms with E-state index in [2.05, 4.69) is 20.3 Å². The van der Waals surface area contributed by atoms with E-state index in [1.807, 2.05) is 12.1 Å². The number of hydrogen-bond donors (Lipinski definition) is 2. The molecule has 5 nitrogen and oxygen atoms in total. The van der Waals surface area contributed by atoms with Crippen LogP contribution in [0.2, 0.25) is 5.02 Å². The number of nitrogens with one attached hydrogen (secondary N) is 1. The molecule has 0 saturated carbocycles. The van der Waals surface area contributed by atoms with E-state index in [1.54, 1.807) is 18.2 Å². The van der Waals surface area contributed by atoms with Gasteiger partial charge in [0, 0.05) is 10.7 Å². The number of aromatic nitrogens is 3. The van der Waals surface area contributed by atoms with Crippen LogP contribution in [0.3, 0.4) is 0 Å². The third-order valence-corrected chi connectivity index (χ3v) is 3.04. The molecular formula is C16H13ClF3N5. The summed E-state index contributed by atoms with van der Waals surface area (Å²) < 4.78 is 35.4. The van der Waals surface area contributed by atoms with Crippen LogP contribution in [0.1, 0.15) is 5.56 Å². The summed E-state index contributed by atoms with van der Waals surface area (Å²) in [6.07, 6.45) is -2.86. The number of nitrogens with zero attached hydrogens (tertiary/aromatic N) is 3. The second kappa shape index (κ2) is 8.29. The van der Waals surface area contributed by atoms with E-state index in [9.17, 15) is 13.2 Å². The first kappa shape index (κ1) is 18.5. The maximum Gasteiger partial charge on any atom is 0.416 e. The second-order valence-corrected chi connectivity index (χ2v) is 5.10. The highest BCUT2D eigenvalue weighted by Crippen LogP contribution is 2.28. The van der Waals surface area contributed by atoms with Crippen LogP contribution in [-0.2, 0) is 6.18 Å². The largest absolute Gasteiger partial charge is 0.416 e. The highest BCUT2D eigenvalue weighted by atomic mass is 35.5. The zero-order chi connectivity index (χ0) is 18.3. The van der Waals surface area contributed by atoms with Gasteiger partial charge in [0.05, 0.1) is 5.56 Å².